The van der Waals surface area contributed by atoms with Gasteiger partial charge in [0.2, 0.25) is 0 Å². The fourth-order valence-electron chi connectivity index (χ4n) is 2.80. The standard InChI is InChI=1S/C12H21NO3/c1-10(2,3)16-9(14)12(15)6-11(7-12)4-5-13-8-11/h13,15H,4-8H2,1-3H3. The molecule has 1 saturated carbocycles. The van der Waals surface area contributed by atoms with Gasteiger partial charge in [0, 0.05) is 6.54 Å². The number of nitrogens with one attached hydrogen (secondary N) is 1. The van der Waals surface area contributed by atoms with E-state index in [1.807, 2.05) is 20.8 Å². The SMILES string of the molecule is CC(C)(C)OC(=O)C1(O)CC2(CCNC2)C1. The lowest BCUT2D eigenvalue weighted by Gasteiger charge is -2.49. The van der Waals surface area contributed by atoms with Crippen LogP contribution in [0.2, 0.25) is 0 Å². The summed E-state index contributed by atoms with van der Waals surface area (Å²) in [6.07, 6.45) is 2.14. The number of aliphatic hydroxyl groups is 1. The van der Waals surface area contributed by atoms with E-state index in [0.717, 1.165) is 19.5 Å². The van der Waals surface area contributed by atoms with Gasteiger partial charge in [0.15, 0.2) is 5.60 Å². The number of esters is 1. The van der Waals surface area contributed by atoms with Crippen LogP contribution in [0.1, 0.15) is 40.0 Å². The van der Waals surface area contributed by atoms with Gasteiger partial charge in [-0.2, -0.15) is 0 Å². The molecule has 2 aliphatic rings. The Morgan fingerprint density at radius 3 is 2.44 bits per heavy atom. The zero-order chi connectivity index (χ0) is 12.0. The quantitative estimate of drug-likeness (QED) is 0.652. The van der Waals surface area contributed by atoms with Crippen LogP contribution in [0.15, 0.2) is 0 Å². The third kappa shape index (κ3) is 2.09. The highest BCUT2D eigenvalue weighted by atomic mass is 16.6. The first-order valence-electron chi connectivity index (χ1n) is 5.91. The molecule has 0 aromatic carbocycles. The van der Waals surface area contributed by atoms with E-state index in [1.54, 1.807) is 0 Å². The summed E-state index contributed by atoms with van der Waals surface area (Å²) in [5.41, 5.74) is -1.62. The molecule has 0 bridgehead atoms. The van der Waals surface area contributed by atoms with Gasteiger partial charge in [-0.15, -0.1) is 0 Å². The van der Waals surface area contributed by atoms with Crippen LogP contribution in [0.25, 0.3) is 0 Å². The maximum absolute atomic E-state index is 11.8. The Kier molecular flexibility index (Phi) is 2.55. The van der Waals surface area contributed by atoms with Crippen LogP contribution in [0.3, 0.4) is 0 Å². The molecule has 1 saturated heterocycles. The second kappa shape index (κ2) is 3.44. The Hall–Kier alpha value is -0.610. The molecule has 1 aliphatic heterocycles. The summed E-state index contributed by atoms with van der Waals surface area (Å²) in [4.78, 5) is 11.8. The van der Waals surface area contributed by atoms with Crippen molar-refractivity contribution in [2.75, 3.05) is 13.1 Å². The highest BCUT2D eigenvalue weighted by Crippen LogP contribution is 2.52. The van der Waals surface area contributed by atoms with E-state index < -0.39 is 17.2 Å². The molecule has 1 heterocycles. The summed E-state index contributed by atoms with van der Waals surface area (Å²) < 4.78 is 5.24. The number of carbonyl (C=O) groups excluding carboxylic acids is 1. The van der Waals surface area contributed by atoms with Crippen LogP contribution in [0, 0.1) is 5.41 Å². The van der Waals surface area contributed by atoms with Crippen molar-refractivity contribution in [3.63, 3.8) is 0 Å². The first-order valence-corrected chi connectivity index (χ1v) is 5.91. The van der Waals surface area contributed by atoms with Crippen molar-refractivity contribution in [1.29, 1.82) is 0 Å². The molecule has 2 rings (SSSR count). The normalized spacial score (nSPS) is 38.5. The van der Waals surface area contributed by atoms with E-state index in [-0.39, 0.29) is 5.41 Å². The fourth-order valence-corrected chi connectivity index (χ4v) is 2.80. The van der Waals surface area contributed by atoms with Gasteiger partial charge in [0.1, 0.15) is 5.60 Å². The van der Waals surface area contributed by atoms with Gasteiger partial charge in [-0.1, -0.05) is 0 Å². The average molecular weight is 227 g/mol. The van der Waals surface area contributed by atoms with Crippen molar-refractivity contribution in [3.05, 3.63) is 0 Å². The molecular formula is C12H21NO3. The minimum Gasteiger partial charge on any atom is -0.458 e. The number of hydrogen-bond donors (Lipinski definition) is 2. The molecule has 4 nitrogen and oxygen atoms in total. The molecule has 2 fully saturated rings. The van der Waals surface area contributed by atoms with Crippen molar-refractivity contribution < 1.29 is 14.6 Å². The van der Waals surface area contributed by atoms with E-state index >= 15 is 0 Å². The molecule has 0 atom stereocenters. The minimum atomic E-state index is -1.24. The third-order valence-electron chi connectivity index (χ3n) is 3.45. The molecule has 0 unspecified atom stereocenters. The van der Waals surface area contributed by atoms with Crippen LogP contribution in [-0.2, 0) is 9.53 Å². The van der Waals surface area contributed by atoms with Gasteiger partial charge in [-0.3, -0.25) is 0 Å². The van der Waals surface area contributed by atoms with Crippen molar-refractivity contribution in [2.45, 2.75) is 51.2 Å². The van der Waals surface area contributed by atoms with Crippen LogP contribution in [0.4, 0.5) is 0 Å². The fraction of sp³-hybridized carbons (Fsp3) is 0.917. The van der Waals surface area contributed by atoms with Crippen molar-refractivity contribution in [1.82, 2.24) is 5.32 Å². The molecule has 0 aromatic rings. The topological polar surface area (TPSA) is 58.6 Å². The van der Waals surface area contributed by atoms with Gasteiger partial charge in [-0.05, 0) is 52.0 Å². The summed E-state index contributed by atoms with van der Waals surface area (Å²) in [5.74, 6) is -0.461. The van der Waals surface area contributed by atoms with Crippen molar-refractivity contribution >= 4 is 5.97 Å². The first-order chi connectivity index (χ1) is 7.25. The average Bonchev–Trinajstić information content (AvgIpc) is 2.48. The summed E-state index contributed by atoms with van der Waals surface area (Å²) in [7, 11) is 0. The first kappa shape index (κ1) is 11.9. The molecule has 1 spiro atoms. The summed E-state index contributed by atoms with van der Waals surface area (Å²) >= 11 is 0. The largest absolute Gasteiger partial charge is 0.458 e. The van der Waals surface area contributed by atoms with E-state index in [9.17, 15) is 9.90 Å². The van der Waals surface area contributed by atoms with Crippen LogP contribution in [0.5, 0.6) is 0 Å². The maximum atomic E-state index is 11.8. The van der Waals surface area contributed by atoms with E-state index in [0.29, 0.717) is 12.8 Å². The molecule has 92 valence electrons. The molecule has 2 N–H and O–H groups in total. The van der Waals surface area contributed by atoms with Gasteiger partial charge in [0.25, 0.3) is 0 Å². The lowest BCUT2D eigenvalue weighted by molar-refractivity contribution is -0.201. The highest BCUT2D eigenvalue weighted by Gasteiger charge is 2.60. The molecule has 16 heavy (non-hydrogen) atoms. The van der Waals surface area contributed by atoms with Crippen LogP contribution < -0.4 is 5.32 Å². The predicted octanol–water partition coefficient (Wildman–Crippen LogP) is 0.833. The van der Waals surface area contributed by atoms with Gasteiger partial charge in [0.05, 0.1) is 0 Å². The zero-order valence-electron chi connectivity index (χ0n) is 10.3. The lowest BCUT2D eigenvalue weighted by Crippen LogP contribution is -2.59. The lowest BCUT2D eigenvalue weighted by atomic mass is 9.58. The zero-order valence-corrected chi connectivity index (χ0v) is 10.3. The Morgan fingerprint density at radius 1 is 1.38 bits per heavy atom. The van der Waals surface area contributed by atoms with E-state index in [1.165, 1.54) is 0 Å². The van der Waals surface area contributed by atoms with E-state index in [4.69, 9.17) is 4.74 Å². The Balaban J connectivity index is 1.94. The Morgan fingerprint density at radius 2 is 2.00 bits per heavy atom. The Bertz CT molecular complexity index is 292. The number of hydrogen-bond acceptors (Lipinski definition) is 4. The molecule has 4 heteroatoms. The minimum absolute atomic E-state index is 0.144. The molecular weight excluding hydrogens is 206 g/mol. The van der Waals surface area contributed by atoms with Crippen molar-refractivity contribution in [3.8, 4) is 0 Å². The maximum Gasteiger partial charge on any atom is 0.338 e. The summed E-state index contributed by atoms with van der Waals surface area (Å²) in [6, 6.07) is 0. The summed E-state index contributed by atoms with van der Waals surface area (Å²) in [6.45, 7) is 7.36. The van der Waals surface area contributed by atoms with Crippen LogP contribution in [-0.4, -0.2) is 35.4 Å². The third-order valence-corrected chi connectivity index (χ3v) is 3.45. The Labute approximate surface area is 96.4 Å². The molecule has 1 aliphatic carbocycles. The second-order valence-electron chi connectivity index (χ2n) is 6.31. The molecule has 0 radical (unpaired) electrons. The second-order valence-corrected chi connectivity index (χ2v) is 6.31. The highest BCUT2D eigenvalue weighted by molar-refractivity contribution is 5.81. The molecule has 0 aromatic heterocycles. The van der Waals surface area contributed by atoms with Gasteiger partial charge < -0.3 is 15.2 Å². The van der Waals surface area contributed by atoms with E-state index in [2.05, 4.69) is 5.32 Å². The number of carbonyl (C=O) groups is 1. The van der Waals surface area contributed by atoms with Gasteiger partial charge >= 0.3 is 5.97 Å². The molecule has 0 amide bonds. The van der Waals surface area contributed by atoms with Crippen molar-refractivity contribution in [2.24, 2.45) is 5.41 Å². The van der Waals surface area contributed by atoms with Gasteiger partial charge in [-0.25, -0.2) is 4.79 Å². The monoisotopic (exact) mass is 227 g/mol. The smallest absolute Gasteiger partial charge is 0.338 e. The predicted molar refractivity (Wildman–Crippen MR) is 59.9 cm³/mol. The van der Waals surface area contributed by atoms with Crippen LogP contribution >= 0.6 is 0 Å². The number of rotatable bonds is 1. The number of ether oxygens (including phenoxy) is 1. The summed E-state index contributed by atoms with van der Waals surface area (Å²) in [5, 5.41) is 13.4.